The van der Waals surface area contributed by atoms with Crippen molar-refractivity contribution in [2.75, 3.05) is 5.32 Å². The summed E-state index contributed by atoms with van der Waals surface area (Å²) in [7, 11) is 0. The Morgan fingerprint density at radius 1 is 0.862 bits per heavy atom. The van der Waals surface area contributed by atoms with E-state index in [0.29, 0.717) is 0 Å². The van der Waals surface area contributed by atoms with Crippen molar-refractivity contribution in [3.05, 3.63) is 114 Å². The molecule has 29 heavy (non-hydrogen) atoms. The number of hydrogen-bond acceptors (Lipinski definition) is 1. The van der Waals surface area contributed by atoms with Gasteiger partial charge in [0.25, 0.3) is 0 Å². The molecule has 0 saturated heterocycles. The average Bonchev–Trinajstić information content (AvgIpc) is 2.94. The summed E-state index contributed by atoms with van der Waals surface area (Å²) in [4.78, 5) is 0. The second-order valence-corrected chi connectivity index (χ2v) is 8.06. The summed E-state index contributed by atoms with van der Waals surface area (Å²) in [5, 5.41) is 3.70. The Morgan fingerprint density at radius 3 is 2.34 bits per heavy atom. The minimum absolute atomic E-state index is 0.0309. The largest absolute Gasteiger partial charge is 0.355 e. The van der Waals surface area contributed by atoms with E-state index in [1.807, 2.05) is 12.2 Å². The molecule has 0 amide bonds. The van der Waals surface area contributed by atoms with Gasteiger partial charge in [-0.3, -0.25) is 0 Å². The average molecular weight is 378 g/mol. The van der Waals surface area contributed by atoms with Gasteiger partial charge < -0.3 is 5.32 Å². The number of fused-ring (bicyclic) bond motifs is 1. The maximum atomic E-state index is 3.82. The monoisotopic (exact) mass is 377 g/mol. The Morgan fingerprint density at radius 2 is 1.59 bits per heavy atom. The maximum Gasteiger partial charge on any atom is 0.0431 e. The fourth-order valence-corrected chi connectivity index (χ4v) is 4.22. The highest BCUT2D eigenvalue weighted by atomic mass is 14.9. The fourth-order valence-electron chi connectivity index (χ4n) is 4.22. The third-order valence-electron chi connectivity index (χ3n) is 5.97. The van der Waals surface area contributed by atoms with Crippen molar-refractivity contribution in [1.82, 2.24) is 0 Å². The molecular weight excluding hydrogens is 350 g/mol. The highest BCUT2D eigenvalue weighted by molar-refractivity contribution is 5.90. The molecule has 1 N–H and O–H groups in total. The minimum atomic E-state index is -0.0309. The quantitative estimate of drug-likeness (QED) is 0.445. The van der Waals surface area contributed by atoms with Crippen LogP contribution in [-0.2, 0) is 5.41 Å². The van der Waals surface area contributed by atoms with E-state index in [0.717, 1.165) is 5.69 Å². The molecule has 0 saturated carbocycles. The molecule has 0 heterocycles. The van der Waals surface area contributed by atoms with Crippen molar-refractivity contribution in [3.63, 3.8) is 0 Å². The van der Waals surface area contributed by atoms with Crippen LogP contribution in [0.4, 0.5) is 11.4 Å². The predicted molar refractivity (Wildman–Crippen MR) is 127 cm³/mol. The van der Waals surface area contributed by atoms with Gasteiger partial charge in [0.15, 0.2) is 0 Å². The lowest BCUT2D eigenvalue weighted by molar-refractivity contribution is 0.641. The van der Waals surface area contributed by atoms with Crippen LogP contribution in [-0.4, -0.2) is 0 Å². The number of rotatable bonds is 5. The summed E-state index contributed by atoms with van der Waals surface area (Å²) in [5.41, 5.74) is 10.0. The van der Waals surface area contributed by atoms with Gasteiger partial charge in [-0.2, -0.15) is 0 Å². The van der Waals surface area contributed by atoms with Crippen LogP contribution in [0.5, 0.6) is 0 Å². The van der Waals surface area contributed by atoms with Crippen LogP contribution in [0.1, 0.15) is 31.9 Å². The molecule has 0 fully saturated rings. The highest BCUT2D eigenvalue weighted by Crippen LogP contribution is 2.50. The second kappa shape index (κ2) is 7.60. The maximum absolute atomic E-state index is 3.82. The molecule has 0 atom stereocenters. The Labute approximate surface area is 174 Å². The van der Waals surface area contributed by atoms with E-state index in [9.17, 15) is 0 Å². The van der Waals surface area contributed by atoms with E-state index < -0.39 is 0 Å². The van der Waals surface area contributed by atoms with E-state index in [1.54, 1.807) is 0 Å². The Bertz CT molecular complexity index is 1110. The smallest absolute Gasteiger partial charge is 0.0431 e. The summed E-state index contributed by atoms with van der Waals surface area (Å²) in [6.45, 7) is 10.7. The summed E-state index contributed by atoms with van der Waals surface area (Å²) in [5.74, 6) is 0. The lowest BCUT2D eigenvalue weighted by Gasteiger charge is -2.25. The Hall–Kier alpha value is -3.32. The molecule has 144 valence electrons. The molecule has 1 aliphatic rings. The third-order valence-corrected chi connectivity index (χ3v) is 5.97. The van der Waals surface area contributed by atoms with Crippen molar-refractivity contribution >= 4 is 16.9 Å². The lowest BCUT2D eigenvalue weighted by Crippen LogP contribution is -2.17. The summed E-state index contributed by atoms with van der Waals surface area (Å²) >= 11 is 0. The van der Waals surface area contributed by atoms with Gasteiger partial charge >= 0.3 is 0 Å². The highest BCUT2D eigenvalue weighted by Gasteiger charge is 2.36. The zero-order valence-corrected chi connectivity index (χ0v) is 17.4. The van der Waals surface area contributed by atoms with E-state index in [-0.39, 0.29) is 5.41 Å². The van der Waals surface area contributed by atoms with Gasteiger partial charge in [-0.25, -0.2) is 0 Å². The molecule has 1 heteroatoms. The summed E-state index contributed by atoms with van der Waals surface area (Å²) < 4.78 is 0. The van der Waals surface area contributed by atoms with Crippen molar-refractivity contribution in [2.24, 2.45) is 0 Å². The molecule has 0 bridgehead atoms. The SMILES string of the molecule is C=C/C=C\C1=C(C)C(C)(C)c2c(Nc3cccc(-c4ccccc4)c3)cccc21. The molecule has 0 aromatic heterocycles. The Kier molecular flexibility index (Phi) is 4.98. The van der Waals surface area contributed by atoms with Gasteiger partial charge in [-0.1, -0.05) is 98.8 Å². The normalized spacial score (nSPS) is 14.9. The van der Waals surface area contributed by atoms with Crippen LogP contribution >= 0.6 is 0 Å². The van der Waals surface area contributed by atoms with Crippen LogP contribution < -0.4 is 5.32 Å². The van der Waals surface area contributed by atoms with Gasteiger partial charge in [0.1, 0.15) is 0 Å². The molecule has 0 unspecified atom stereocenters. The lowest BCUT2D eigenvalue weighted by atomic mass is 9.81. The van der Waals surface area contributed by atoms with Gasteiger partial charge in [0, 0.05) is 16.8 Å². The number of allylic oxidation sites excluding steroid dienone is 5. The van der Waals surface area contributed by atoms with E-state index in [4.69, 9.17) is 0 Å². The van der Waals surface area contributed by atoms with Crippen LogP contribution in [0.25, 0.3) is 16.7 Å². The number of hydrogen-bond donors (Lipinski definition) is 1. The van der Waals surface area contributed by atoms with Crippen molar-refractivity contribution < 1.29 is 0 Å². The number of anilines is 2. The first-order chi connectivity index (χ1) is 14.0. The summed E-state index contributed by atoms with van der Waals surface area (Å²) in [6.07, 6.45) is 6.03. The topological polar surface area (TPSA) is 12.0 Å². The molecule has 0 spiro atoms. The molecule has 1 nitrogen and oxygen atoms in total. The van der Waals surface area contributed by atoms with E-state index in [2.05, 4.69) is 112 Å². The van der Waals surface area contributed by atoms with Crippen LogP contribution in [0.2, 0.25) is 0 Å². The van der Waals surface area contributed by atoms with Gasteiger partial charge in [0.05, 0.1) is 0 Å². The first-order valence-corrected chi connectivity index (χ1v) is 10.1. The molecule has 4 rings (SSSR count). The van der Waals surface area contributed by atoms with Crippen molar-refractivity contribution in [3.8, 4) is 11.1 Å². The van der Waals surface area contributed by atoms with Gasteiger partial charge in [-0.15, -0.1) is 0 Å². The summed E-state index contributed by atoms with van der Waals surface area (Å²) in [6, 6.07) is 25.7. The predicted octanol–water partition coefficient (Wildman–Crippen LogP) is 7.90. The van der Waals surface area contributed by atoms with Crippen molar-refractivity contribution in [1.29, 1.82) is 0 Å². The number of benzene rings is 3. The first-order valence-electron chi connectivity index (χ1n) is 10.1. The number of nitrogens with one attached hydrogen (secondary N) is 1. The third kappa shape index (κ3) is 3.45. The molecule has 3 aromatic rings. The minimum Gasteiger partial charge on any atom is -0.355 e. The van der Waals surface area contributed by atoms with Crippen molar-refractivity contribution in [2.45, 2.75) is 26.2 Å². The zero-order chi connectivity index (χ0) is 20.4. The van der Waals surface area contributed by atoms with Gasteiger partial charge in [0.2, 0.25) is 0 Å². The molecular formula is C28H27N. The van der Waals surface area contributed by atoms with Crippen LogP contribution in [0, 0.1) is 0 Å². The zero-order valence-electron chi connectivity index (χ0n) is 17.4. The molecule has 0 radical (unpaired) electrons. The fraction of sp³-hybridized carbons (Fsp3) is 0.143. The first kappa shape index (κ1) is 19.0. The van der Waals surface area contributed by atoms with Crippen LogP contribution in [0.15, 0.2) is 103 Å². The molecule has 0 aliphatic heterocycles. The van der Waals surface area contributed by atoms with Gasteiger partial charge in [-0.05, 0) is 52.9 Å². The molecule has 3 aromatic carbocycles. The standard InChI is InChI=1S/C28H27N/c1-5-6-16-24-20(2)28(3,4)27-25(24)17-11-18-26(27)29-23-15-10-14-22(19-23)21-12-8-7-9-13-21/h5-19,29H,1H2,2-4H3/b16-6-. The Balaban J connectivity index is 1.74. The van der Waals surface area contributed by atoms with E-state index in [1.165, 1.54) is 39.1 Å². The van der Waals surface area contributed by atoms with E-state index >= 15 is 0 Å². The second-order valence-electron chi connectivity index (χ2n) is 8.06. The van der Waals surface area contributed by atoms with Crippen LogP contribution in [0.3, 0.4) is 0 Å². The molecule has 1 aliphatic carbocycles.